The second-order valence-electron chi connectivity index (χ2n) is 4.42. The molecule has 5 heteroatoms. The van der Waals surface area contributed by atoms with E-state index in [-0.39, 0.29) is 23.6 Å². The summed E-state index contributed by atoms with van der Waals surface area (Å²) in [5.41, 5.74) is 0. The topological polar surface area (TPSA) is 62.5 Å². The lowest BCUT2D eigenvalue weighted by atomic mass is 9.99. The highest BCUT2D eigenvalue weighted by molar-refractivity contribution is 8.03. The first-order valence-corrected chi connectivity index (χ1v) is 7.01. The molecule has 2 heterocycles. The molecule has 2 unspecified atom stereocenters. The molecular formula is C13H17NO3S. The molecule has 0 spiro atoms. The van der Waals surface area contributed by atoms with Gasteiger partial charge >= 0.3 is 0 Å². The summed E-state index contributed by atoms with van der Waals surface area (Å²) in [6.07, 6.45) is 2.51. The van der Waals surface area contributed by atoms with Crippen LogP contribution in [0.2, 0.25) is 0 Å². The zero-order valence-electron chi connectivity index (χ0n) is 10.5. The van der Waals surface area contributed by atoms with Crippen molar-refractivity contribution in [3.63, 3.8) is 0 Å². The first kappa shape index (κ1) is 13.1. The molecule has 0 bridgehead atoms. The largest absolute Gasteiger partial charge is 0.509 e. The number of thioether (sulfide) groups is 1. The average Bonchev–Trinajstić information content (AvgIpc) is 2.96. The summed E-state index contributed by atoms with van der Waals surface area (Å²) in [6, 6.07) is 3.41. The first-order chi connectivity index (χ1) is 8.63. The van der Waals surface area contributed by atoms with E-state index in [1.54, 1.807) is 12.3 Å². The highest BCUT2D eigenvalue weighted by Crippen LogP contribution is 2.31. The van der Waals surface area contributed by atoms with E-state index in [0.717, 1.165) is 12.2 Å². The molecule has 1 aromatic heterocycles. The molecule has 98 valence electrons. The second kappa shape index (κ2) is 5.52. The van der Waals surface area contributed by atoms with Crippen LogP contribution in [0.15, 0.2) is 33.5 Å². The number of nitrogens with one attached hydrogen (secondary N) is 1. The van der Waals surface area contributed by atoms with Gasteiger partial charge in [-0.1, -0.05) is 20.3 Å². The molecule has 0 fully saturated rings. The fraction of sp³-hybridized carbons (Fsp3) is 0.462. The highest BCUT2D eigenvalue weighted by atomic mass is 32.2. The number of hydrogen-bond acceptors (Lipinski definition) is 4. The Hall–Kier alpha value is -1.36. The van der Waals surface area contributed by atoms with Crippen LogP contribution in [0.4, 0.5) is 0 Å². The molecule has 0 aliphatic carbocycles. The number of furan rings is 1. The third-order valence-electron chi connectivity index (χ3n) is 3.17. The van der Waals surface area contributed by atoms with Crippen molar-refractivity contribution in [3.05, 3.63) is 34.8 Å². The zero-order valence-corrected chi connectivity index (χ0v) is 11.3. The van der Waals surface area contributed by atoms with E-state index in [1.165, 1.54) is 11.8 Å². The lowest BCUT2D eigenvalue weighted by Crippen LogP contribution is -2.34. The molecule has 1 aromatic rings. The van der Waals surface area contributed by atoms with Crippen LogP contribution in [-0.4, -0.2) is 17.1 Å². The van der Waals surface area contributed by atoms with Crippen LogP contribution >= 0.6 is 11.8 Å². The first-order valence-electron chi connectivity index (χ1n) is 6.02. The Balaban J connectivity index is 2.06. The number of carbonyl (C=O) groups excluding carboxylic acids is 1. The maximum Gasteiger partial charge on any atom is 0.261 e. The molecule has 0 saturated heterocycles. The summed E-state index contributed by atoms with van der Waals surface area (Å²) in [4.78, 5) is 12.2. The van der Waals surface area contributed by atoms with Gasteiger partial charge in [0.2, 0.25) is 0 Å². The Bertz CT molecular complexity index is 453. The molecule has 2 rings (SSSR count). The second-order valence-corrected chi connectivity index (χ2v) is 5.40. The van der Waals surface area contributed by atoms with Gasteiger partial charge in [0.1, 0.15) is 16.4 Å². The van der Waals surface area contributed by atoms with Crippen molar-refractivity contribution >= 4 is 17.7 Å². The normalized spacial score (nSPS) is 21.2. The van der Waals surface area contributed by atoms with Crippen LogP contribution in [-0.2, 0) is 10.5 Å². The van der Waals surface area contributed by atoms with Crippen LogP contribution in [0.1, 0.15) is 26.0 Å². The summed E-state index contributed by atoms with van der Waals surface area (Å²) in [6.45, 7) is 4.05. The molecule has 1 aliphatic rings. The molecule has 0 saturated carbocycles. The summed E-state index contributed by atoms with van der Waals surface area (Å²) in [7, 11) is 0. The van der Waals surface area contributed by atoms with E-state index in [9.17, 15) is 9.90 Å². The maximum atomic E-state index is 11.8. The molecule has 1 amide bonds. The minimum atomic E-state index is -0.249. The van der Waals surface area contributed by atoms with Gasteiger partial charge in [-0.25, -0.2) is 0 Å². The molecule has 4 nitrogen and oxygen atoms in total. The van der Waals surface area contributed by atoms with Crippen molar-refractivity contribution in [2.24, 2.45) is 5.92 Å². The fourth-order valence-corrected chi connectivity index (χ4v) is 2.77. The number of aliphatic hydroxyl groups is 1. The van der Waals surface area contributed by atoms with Crippen molar-refractivity contribution in [2.75, 3.05) is 0 Å². The fourth-order valence-electron chi connectivity index (χ4n) is 1.86. The SMILES string of the molecule is CCC(C)C1NC(=O)C(SCc2ccco2)=C1O. The van der Waals surface area contributed by atoms with Crippen LogP contribution in [0, 0.1) is 5.92 Å². The van der Waals surface area contributed by atoms with Gasteiger partial charge < -0.3 is 14.8 Å². The van der Waals surface area contributed by atoms with Gasteiger partial charge in [0.15, 0.2) is 0 Å². The van der Waals surface area contributed by atoms with Gasteiger partial charge in [0, 0.05) is 0 Å². The number of hydrogen-bond donors (Lipinski definition) is 2. The highest BCUT2D eigenvalue weighted by Gasteiger charge is 2.34. The van der Waals surface area contributed by atoms with Gasteiger partial charge in [-0.05, 0) is 18.1 Å². The van der Waals surface area contributed by atoms with E-state index in [1.807, 2.05) is 19.9 Å². The third-order valence-corrected chi connectivity index (χ3v) is 4.28. The van der Waals surface area contributed by atoms with E-state index >= 15 is 0 Å². The van der Waals surface area contributed by atoms with Gasteiger partial charge in [-0.15, -0.1) is 11.8 Å². The molecule has 2 N–H and O–H groups in total. The number of carbonyl (C=O) groups is 1. The van der Waals surface area contributed by atoms with Gasteiger partial charge in [0.25, 0.3) is 5.91 Å². The molecule has 0 aromatic carbocycles. The third kappa shape index (κ3) is 2.56. The molecule has 18 heavy (non-hydrogen) atoms. The maximum absolute atomic E-state index is 11.8. The van der Waals surface area contributed by atoms with Gasteiger partial charge in [-0.3, -0.25) is 4.79 Å². The van der Waals surface area contributed by atoms with Crippen molar-refractivity contribution in [2.45, 2.75) is 32.1 Å². The van der Waals surface area contributed by atoms with E-state index in [2.05, 4.69) is 5.32 Å². The van der Waals surface area contributed by atoms with Crippen LogP contribution in [0.5, 0.6) is 0 Å². The Labute approximate surface area is 110 Å². The summed E-state index contributed by atoms with van der Waals surface area (Å²) in [5.74, 6) is 1.56. The predicted molar refractivity (Wildman–Crippen MR) is 71.0 cm³/mol. The Morgan fingerprint density at radius 2 is 2.39 bits per heavy atom. The van der Waals surface area contributed by atoms with E-state index in [4.69, 9.17) is 4.42 Å². The number of amides is 1. The molecule has 1 aliphatic heterocycles. The van der Waals surface area contributed by atoms with Crippen molar-refractivity contribution in [1.29, 1.82) is 0 Å². The standard InChI is InChI=1S/C13H17NO3S/c1-3-8(2)10-11(15)12(13(16)14-10)18-7-9-5-4-6-17-9/h4-6,8,10,15H,3,7H2,1-2H3,(H,14,16). The lowest BCUT2D eigenvalue weighted by molar-refractivity contribution is -0.116. The van der Waals surface area contributed by atoms with Crippen molar-refractivity contribution in [1.82, 2.24) is 5.32 Å². The minimum Gasteiger partial charge on any atom is -0.509 e. The average molecular weight is 267 g/mol. The summed E-state index contributed by atoms with van der Waals surface area (Å²) in [5, 5.41) is 12.9. The molecular weight excluding hydrogens is 250 g/mol. The van der Waals surface area contributed by atoms with Crippen LogP contribution < -0.4 is 5.32 Å². The quantitative estimate of drug-likeness (QED) is 0.861. The number of rotatable bonds is 5. The Morgan fingerprint density at radius 1 is 1.61 bits per heavy atom. The smallest absolute Gasteiger partial charge is 0.261 e. The van der Waals surface area contributed by atoms with E-state index < -0.39 is 0 Å². The Morgan fingerprint density at radius 3 is 3.00 bits per heavy atom. The lowest BCUT2D eigenvalue weighted by Gasteiger charge is -2.17. The van der Waals surface area contributed by atoms with Crippen LogP contribution in [0.25, 0.3) is 0 Å². The van der Waals surface area contributed by atoms with Gasteiger partial charge in [-0.2, -0.15) is 0 Å². The Kier molecular flexibility index (Phi) is 4.01. The van der Waals surface area contributed by atoms with Crippen molar-refractivity contribution < 1.29 is 14.3 Å². The summed E-state index contributed by atoms with van der Waals surface area (Å²) >= 11 is 1.31. The van der Waals surface area contributed by atoms with E-state index in [0.29, 0.717) is 10.7 Å². The molecule has 2 atom stereocenters. The van der Waals surface area contributed by atoms with Crippen LogP contribution in [0.3, 0.4) is 0 Å². The number of aliphatic hydroxyl groups excluding tert-OH is 1. The minimum absolute atomic E-state index is 0.172. The monoisotopic (exact) mass is 267 g/mol. The zero-order chi connectivity index (χ0) is 13.1. The molecule has 0 radical (unpaired) electrons. The van der Waals surface area contributed by atoms with Crippen molar-refractivity contribution in [3.8, 4) is 0 Å². The summed E-state index contributed by atoms with van der Waals surface area (Å²) < 4.78 is 5.20. The predicted octanol–water partition coefficient (Wildman–Crippen LogP) is 2.83. The van der Waals surface area contributed by atoms with Gasteiger partial charge in [0.05, 0.1) is 18.1 Å².